The van der Waals surface area contributed by atoms with Crippen molar-refractivity contribution in [2.75, 3.05) is 7.11 Å². The maximum Gasteiger partial charge on any atom is 0.337 e. The minimum atomic E-state index is -0.298. The van der Waals surface area contributed by atoms with Crippen molar-refractivity contribution in [2.45, 2.75) is 51.5 Å². The number of methoxy groups -OCH3 is 1. The van der Waals surface area contributed by atoms with E-state index in [4.69, 9.17) is 9.72 Å². The van der Waals surface area contributed by atoms with E-state index >= 15 is 0 Å². The zero-order chi connectivity index (χ0) is 21.8. The standard InChI is InChI=1S/C27H27N3O2/c1-17-15-29-22-11-7-6-10-21(22)26-25(18-8-4-3-5-9-18)20-13-12-19(27(31)32-2)14-23(20)30(26)16-24(29)28-17/h6-7,10-15,18H,3-5,8-9,16H2,1-2H3. The van der Waals surface area contributed by atoms with Crippen LogP contribution in [0.3, 0.4) is 0 Å². The smallest absolute Gasteiger partial charge is 0.337 e. The molecule has 0 amide bonds. The first-order valence-electron chi connectivity index (χ1n) is 11.5. The van der Waals surface area contributed by atoms with E-state index in [2.05, 4.69) is 45.7 Å². The van der Waals surface area contributed by atoms with Crippen LogP contribution in [0.15, 0.2) is 48.7 Å². The number of fused-ring (bicyclic) bond motifs is 7. The Morgan fingerprint density at radius 3 is 2.72 bits per heavy atom. The molecule has 0 atom stereocenters. The van der Waals surface area contributed by atoms with Gasteiger partial charge in [-0.1, -0.05) is 43.5 Å². The van der Waals surface area contributed by atoms with Crippen LogP contribution in [0.1, 0.15) is 65.5 Å². The third-order valence-electron chi connectivity index (χ3n) is 7.16. The number of carbonyl (C=O) groups is 1. The molecule has 0 N–H and O–H groups in total. The van der Waals surface area contributed by atoms with E-state index in [-0.39, 0.29) is 5.97 Å². The van der Waals surface area contributed by atoms with Crippen LogP contribution in [0.2, 0.25) is 0 Å². The van der Waals surface area contributed by atoms with Gasteiger partial charge in [0.1, 0.15) is 5.82 Å². The van der Waals surface area contributed by atoms with E-state index < -0.39 is 0 Å². The van der Waals surface area contributed by atoms with Gasteiger partial charge in [-0.3, -0.25) is 0 Å². The average Bonchev–Trinajstić information content (AvgIpc) is 3.32. The minimum Gasteiger partial charge on any atom is -0.465 e. The van der Waals surface area contributed by atoms with Gasteiger partial charge in [-0.05, 0) is 49.4 Å². The quantitative estimate of drug-likeness (QED) is 0.326. The third-order valence-corrected chi connectivity index (χ3v) is 7.16. The fraction of sp³-hybridized carbons (Fsp3) is 0.333. The minimum absolute atomic E-state index is 0.298. The van der Waals surface area contributed by atoms with E-state index in [0.717, 1.165) is 17.0 Å². The SMILES string of the molecule is COC(=O)c1ccc2c(C3CCCCC3)c3n(c2c1)Cc1nc(C)cn1-c1ccccc1-3. The molecule has 0 saturated heterocycles. The van der Waals surface area contributed by atoms with Crippen LogP contribution < -0.4 is 0 Å². The van der Waals surface area contributed by atoms with E-state index in [1.165, 1.54) is 67.1 Å². The normalized spacial score (nSPS) is 15.7. The first-order valence-corrected chi connectivity index (χ1v) is 11.5. The van der Waals surface area contributed by atoms with Crippen LogP contribution in [0.5, 0.6) is 0 Å². The highest BCUT2D eigenvalue weighted by molar-refractivity contribution is 5.99. The largest absolute Gasteiger partial charge is 0.465 e. The van der Waals surface area contributed by atoms with Gasteiger partial charge >= 0.3 is 5.97 Å². The van der Waals surface area contributed by atoms with E-state index in [1.54, 1.807) is 0 Å². The maximum absolute atomic E-state index is 12.4. The van der Waals surface area contributed by atoms with Crippen molar-refractivity contribution in [3.05, 3.63) is 71.3 Å². The second-order valence-electron chi connectivity index (χ2n) is 9.09. The summed E-state index contributed by atoms with van der Waals surface area (Å²) in [5.74, 6) is 1.25. The van der Waals surface area contributed by atoms with Gasteiger partial charge in [-0.15, -0.1) is 0 Å². The fourth-order valence-electron chi connectivity index (χ4n) is 5.77. The highest BCUT2D eigenvalue weighted by Gasteiger charge is 2.30. The number of para-hydroxylation sites is 1. The lowest BCUT2D eigenvalue weighted by molar-refractivity contribution is 0.0601. The van der Waals surface area contributed by atoms with Crippen molar-refractivity contribution in [1.82, 2.24) is 14.1 Å². The average molecular weight is 426 g/mol. The topological polar surface area (TPSA) is 49.1 Å². The molecule has 2 aliphatic rings. The van der Waals surface area contributed by atoms with Crippen LogP contribution >= 0.6 is 0 Å². The molecule has 32 heavy (non-hydrogen) atoms. The number of aromatic nitrogens is 3. The number of benzene rings is 2. The Morgan fingerprint density at radius 1 is 1.09 bits per heavy atom. The van der Waals surface area contributed by atoms with Crippen LogP contribution in [0.4, 0.5) is 0 Å². The van der Waals surface area contributed by atoms with Gasteiger partial charge in [0.25, 0.3) is 0 Å². The lowest BCUT2D eigenvalue weighted by atomic mass is 9.81. The molecule has 2 aromatic heterocycles. The molecular weight excluding hydrogens is 398 g/mol. The summed E-state index contributed by atoms with van der Waals surface area (Å²) in [4.78, 5) is 17.2. The van der Waals surface area contributed by atoms with E-state index in [1.807, 2.05) is 19.1 Å². The Balaban J connectivity index is 1.71. The molecule has 0 spiro atoms. The van der Waals surface area contributed by atoms with Crippen LogP contribution in [0, 0.1) is 6.92 Å². The molecule has 2 aromatic carbocycles. The second kappa shape index (κ2) is 7.37. The van der Waals surface area contributed by atoms with Crippen LogP contribution in [-0.2, 0) is 11.3 Å². The molecule has 162 valence electrons. The molecule has 0 bridgehead atoms. The fourth-order valence-corrected chi connectivity index (χ4v) is 5.77. The molecule has 0 unspecified atom stereocenters. The summed E-state index contributed by atoms with van der Waals surface area (Å²) in [6.07, 6.45) is 8.44. The summed E-state index contributed by atoms with van der Waals surface area (Å²) in [5.41, 5.74) is 7.83. The van der Waals surface area contributed by atoms with Crippen molar-refractivity contribution in [3.8, 4) is 16.9 Å². The Hall–Kier alpha value is -3.34. The number of ether oxygens (including phenoxy) is 1. The predicted molar refractivity (Wildman–Crippen MR) is 126 cm³/mol. The van der Waals surface area contributed by atoms with Gasteiger partial charge in [-0.2, -0.15) is 0 Å². The van der Waals surface area contributed by atoms with Crippen molar-refractivity contribution in [3.63, 3.8) is 0 Å². The van der Waals surface area contributed by atoms with Gasteiger partial charge in [-0.25, -0.2) is 9.78 Å². The van der Waals surface area contributed by atoms with Crippen molar-refractivity contribution >= 4 is 16.9 Å². The number of esters is 1. The molecule has 3 heterocycles. The molecule has 1 fully saturated rings. The lowest BCUT2D eigenvalue weighted by Crippen LogP contribution is -2.07. The van der Waals surface area contributed by atoms with E-state index in [9.17, 15) is 4.79 Å². The number of nitrogens with zero attached hydrogens (tertiary/aromatic N) is 3. The molecule has 1 aliphatic carbocycles. The first-order chi connectivity index (χ1) is 15.7. The van der Waals surface area contributed by atoms with E-state index in [0.29, 0.717) is 18.0 Å². The number of aryl methyl sites for hydroxylation is 1. The number of carbonyl (C=O) groups excluding carboxylic acids is 1. The van der Waals surface area contributed by atoms with Crippen molar-refractivity contribution in [1.29, 1.82) is 0 Å². The van der Waals surface area contributed by atoms with Crippen molar-refractivity contribution in [2.24, 2.45) is 0 Å². The summed E-state index contributed by atoms with van der Waals surface area (Å²) in [6, 6.07) is 14.7. The Morgan fingerprint density at radius 2 is 1.91 bits per heavy atom. The monoisotopic (exact) mass is 425 g/mol. The first kappa shape index (κ1) is 19.4. The Bertz CT molecular complexity index is 1350. The number of hydrogen-bond acceptors (Lipinski definition) is 3. The highest BCUT2D eigenvalue weighted by atomic mass is 16.5. The molecule has 1 saturated carbocycles. The molecule has 0 radical (unpaired) electrons. The summed E-state index contributed by atoms with van der Waals surface area (Å²) in [7, 11) is 1.44. The second-order valence-corrected chi connectivity index (χ2v) is 9.09. The van der Waals surface area contributed by atoms with Gasteiger partial charge in [0.15, 0.2) is 0 Å². The van der Waals surface area contributed by atoms with Gasteiger partial charge in [0.2, 0.25) is 0 Å². The number of hydrogen-bond donors (Lipinski definition) is 0. The Labute approximate surface area is 187 Å². The summed E-state index contributed by atoms with van der Waals surface area (Å²) >= 11 is 0. The predicted octanol–water partition coefficient (Wildman–Crippen LogP) is 6.00. The van der Waals surface area contributed by atoms with Gasteiger partial charge < -0.3 is 13.9 Å². The zero-order valence-corrected chi connectivity index (χ0v) is 18.6. The highest BCUT2D eigenvalue weighted by Crippen LogP contribution is 2.46. The maximum atomic E-state index is 12.4. The molecule has 1 aliphatic heterocycles. The number of rotatable bonds is 2. The van der Waals surface area contributed by atoms with Crippen LogP contribution in [0.25, 0.3) is 27.8 Å². The summed E-state index contributed by atoms with van der Waals surface area (Å²) in [6.45, 7) is 2.72. The number of imidazole rings is 1. The molecular formula is C27H27N3O2. The third kappa shape index (κ3) is 2.84. The summed E-state index contributed by atoms with van der Waals surface area (Å²) < 4.78 is 9.65. The van der Waals surface area contributed by atoms with Gasteiger partial charge in [0, 0.05) is 17.1 Å². The molecule has 5 nitrogen and oxygen atoms in total. The van der Waals surface area contributed by atoms with Gasteiger partial charge in [0.05, 0.1) is 41.8 Å². The summed E-state index contributed by atoms with van der Waals surface area (Å²) in [5, 5.41) is 1.26. The molecule has 6 rings (SSSR count). The molecule has 4 aromatic rings. The van der Waals surface area contributed by atoms with Crippen LogP contribution in [-0.4, -0.2) is 27.2 Å². The Kier molecular flexibility index (Phi) is 4.46. The molecule has 5 heteroatoms. The zero-order valence-electron chi connectivity index (χ0n) is 18.6. The van der Waals surface area contributed by atoms with Crippen molar-refractivity contribution < 1.29 is 9.53 Å². The lowest BCUT2D eigenvalue weighted by Gasteiger charge is -2.23.